The number of carbonyl (C=O) groups is 1. The van der Waals surface area contributed by atoms with Crippen molar-refractivity contribution in [2.75, 3.05) is 38.1 Å². The van der Waals surface area contributed by atoms with Crippen LogP contribution in [0.15, 0.2) is 23.1 Å². The standard InChI is InChI=1S/C22H32N4O3S/c1-18(11-12-23)24(2)22(27)19-9-10-20(25-13-5-3-6-14-25)21(17-19)30(28,29)26-15-7-4-8-16-26/h9-10,17-18H,3-8,11,13-16H2,1-2H3. The van der Waals surface area contributed by atoms with Crippen LogP contribution in [-0.4, -0.2) is 62.8 Å². The zero-order chi connectivity index (χ0) is 21.7. The second-order valence-corrected chi connectivity index (χ2v) is 10.2. The number of amides is 1. The first kappa shape index (κ1) is 22.6. The van der Waals surface area contributed by atoms with E-state index in [0.717, 1.165) is 51.6 Å². The molecule has 3 rings (SSSR count). The molecule has 2 heterocycles. The van der Waals surface area contributed by atoms with Crippen LogP contribution in [0.3, 0.4) is 0 Å². The first-order valence-electron chi connectivity index (χ1n) is 10.9. The Morgan fingerprint density at radius 3 is 2.30 bits per heavy atom. The molecular formula is C22H32N4O3S. The second kappa shape index (κ2) is 9.80. The first-order chi connectivity index (χ1) is 14.4. The number of nitriles is 1. The Kier molecular flexibility index (Phi) is 7.37. The summed E-state index contributed by atoms with van der Waals surface area (Å²) >= 11 is 0. The van der Waals surface area contributed by atoms with E-state index in [1.54, 1.807) is 29.6 Å². The van der Waals surface area contributed by atoms with E-state index in [4.69, 9.17) is 5.26 Å². The van der Waals surface area contributed by atoms with E-state index in [0.29, 0.717) is 24.3 Å². The summed E-state index contributed by atoms with van der Waals surface area (Å²) in [6.07, 6.45) is 6.24. The van der Waals surface area contributed by atoms with E-state index in [-0.39, 0.29) is 23.3 Å². The molecule has 2 saturated heterocycles. The molecule has 0 N–H and O–H groups in total. The van der Waals surface area contributed by atoms with Crippen molar-refractivity contribution >= 4 is 21.6 Å². The summed E-state index contributed by atoms with van der Waals surface area (Å²) in [6, 6.07) is 6.89. The lowest BCUT2D eigenvalue weighted by atomic mass is 10.1. The number of sulfonamides is 1. The average molecular weight is 433 g/mol. The Hall–Kier alpha value is -2.11. The van der Waals surface area contributed by atoms with E-state index in [1.807, 2.05) is 6.92 Å². The van der Waals surface area contributed by atoms with Crippen molar-refractivity contribution in [3.63, 3.8) is 0 Å². The monoisotopic (exact) mass is 432 g/mol. The Morgan fingerprint density at radius 1 is 1.10 bits per heavy atom. The van der Waals surface area contributed by atoms with Gasteiger partial charge in [0.1, 0.15) is 4.90 Å². The maximum Gasteiger partial charge on any atom is 0.253 e. The first-order valence-corrected chi connectivity index (χ1v) is 12.3. The molecule has 2 fully saturated rings. The van der Waals surface area contributed by atoms with Crippen LogP contribution in [-0.2, 0) is 10.0 Å². The zero-order valence-electron chi connectivity index (χ0n) is 18.0. The number of hydrogen-bond donors (Lipinski definition) is 0. The van der Waals surface area contributed by atoms with Crippen LogP contribution >= 0.6 is 0 Å². The van der Waals surface area contributed by atoms with Crippen LogP contribution in [0, 0.1) is 11.3 Å². The summed E-state index contributed by atoms with van der Waals surface area (Å²) in [4.78, 5) is 16.9. The topological polar surface area (TPSA) is 84.7 Å². The fraction of sp³-hybridized carbons (Fsp3) is 0.636. The van der Waals surface area contributed by atoms with Gasteiger partial charge in [0.2, 0.25) is 10.0 Å². The molecule has 0 bridgehead atoms. The molecule has 0 spiro atoms. The minimum Gasteiger partial charge on any atom is -0.370 e. The van der Waals surface area contributed by atoms with E-state index in [2.05, 4.69) is 11.0 Å². The maximum atomic E-state index is 13.6. The van der Waals surface area contributed by atoms with Gasteiger partial charge < -0.3 is 9.80 Å². The van der Waals surface area contributed by atoms with Gasteiger partial charge in [0.05, 0.1) is 18.2 Å². The summed E-state index contributed by atoms with van der Waals surface area (Å²) in [5.41, 5.74) is 1.04. The molecule has 2 aliphatic rings. The van der Waals surface area contributed by atoms with Gasteiger partial charge in [-0.3, -0.25) is 4.79 Å². The van der Waals surface area contributed by atoms with Crippen LogP contribution in [0.5, 0.6) is 0 Å². The summed E-state index contributed by atoms with van der Waals surface area (Å²) in [5, 5.41) is 8.94. The molecule has 1 aromatic carbocycles. The number of nitrogens with zero attached hydrogens (tertiary/aromatic N) is 4. The van der Waals surface area contributed by atoms with Gasteiger partial charge in [-0.1, -0.05) is 6.42 Å². The van der Waals surface area contributed by atoms with Crippen molar-refractivity contribution in [3.05, 3.63) is 23.8 Å². The fourth-order valence-corrected chi connectivity index (χ4v) is 5.92. The molecule has 0 aliphatic carbocycles. The van der Waals surface area contributed by atoms with Gasteiger partial charge in [0.15, 0.2) is 0 Å². The highest BCUT2D eigenvalue weighted by atomic mass is 32.2. The number of rotatable bonds is 6. The van der Waals surface area contributed by atoms with Gasteiger partial charge in [-0.25, -0.2) is 8.42 Å². The summed E-state index contributed by atoms with van der Waals surface area (Å²) in [7, 11) is -2.03. The highest BCUT2D eigenvalue weighted by molar-refractivity contribution is 7.89. The summed E-state index contributed by atoms with van der Waals surface area (Å²) in [6.45, 7) is 4.52. The number of carbonyl (C=O) groups excluding carboxylic acids is 1. The van der Waals surface area contributed by atoms with Crippen LogP contribution in [0.25, 0.3) is 0 Å². The van der Waals surface area contributed by atoms with Gasteiger partial charge in [0, 0.05) is 44.8 Å². The van der Waals surface area contributed by atoms with Gasteiger partial charge in [-0.2, -0.15) is 9.57 Å². The maximum absolute atomic E-state index is 13.6. The Balaban J connectivity index is 2.01. The van der Waals surface area contributed by atoms with Gasteiger partial charge in [0.25, 0.3) is 5.91 Å². The second-order valence-electron chi connectivity index (χ2n) is 8.32. The van der Waals surface area contributed by atoms with Crippen LogP contribution in [0.1, 0.15) is 62.2 Å². The molecule has 0 saturated carbocycles. The molecule has 2 aliphatic heterocycles. The highest BCUT2D eigenvalue weighted by Gasteiger charge is 2.31. The predicted molar refractivity (Wildman–Crippen MR) is 117 cm³/mol. The van der Waals surface area contributed by atoms with Crippen molar-refractivity contribution in [2.24, 2.45) is 0 Å². The van der Waals surface area contributed by atoms with Crippen LogP contribution in [0.2, 0.25) is 0 Å². The lowest BCUT2D eigenvalue weighted by Crippen LogP contribution is -2.38. The number of hydrogen-bond acceptors (Lipinski definition) is 5. The molecule has 0 radical (unpaired) electrons. The number of benzene rings is 1. The fourth-order valence-electron chi connectivity index (χ4n) is 4.17. The lowest BCUT2D eigenvalue weighted by molar-refractivity contribution is 0.0746. The molecule has 1 unspecified atom stereocenters. The summed E-state index contributed by atoms with van der Waals surface area (Å²) in [5.74, 6) is -0.266. The smallest absolute Gasteiger partial charge is 0.253 e. The SMILES string of the molecule is CC(CC#N)N(C)C(=O)c1ccc(N2CCCCC2)c(S(=O)(=O)N2CCCCC2)c1. The molecule has 164 valence electrons. The molecule has 1 atom stereocenters. The third-order valence-electron chi connectivity index (χ3n) is 6.20. The molecule has 1 amide bonds. The Labute approximate surface area is 180 Å². The Morgan fingerprint density at radius 2 is 1.70 bits per heavy atom. The number of anilines is 1. The molecule has 0 aromatic heterocycles. The van der Waals surface area contributed by atoms with Gasteiger partial charge in [-0.15, -0.1) is 0 Å². The van der Waals surface area contributed by atoms with Crippen molar-refractivity contribution in [1.29, 1.82) is 5.26 Å². The van der Waals surface area contributed by atoms with E-state index < -0.39 is 10.0 Å². The Bertz CT molecular complexity index is 897. The molecule has 1 aromatic rings. The van der Waals surface area contributed by atoms with Crippen molar-refractivity contribution in [2.45, 2.75) is 62.8 Å². The van der Waals surface area contributed by atoms with Crippen molar-refractivity contribution in [1.82, 2.24) is 9.21 Å². The predicted octanol–water partition coefficient (Wildman–Crippen LogP) is 3.23. The van der Waals surface area contributed by atoms with E-state index in [9.17, 15) is 13.2 Å². The van der Waals surface area contributed by atoms with Gasteiger partial charge >= 0.3 is 0 Å². The average Bonchev–Trinajstić information content (AvgIpc) is 2.79. The van der Waals surface area contributed by atoms with Crippen molar-refractivity contribution < 1.29 is 13.2 Å². The minimum atomic E-state index is -3.69. The summed E-state index contributed by atoms with van der Waals surface area (Å²) < 4.78 is 28.7. The number of piperidine rings is 2. The zero-order valence-corrected chi connectivity index (χ0v) is 18.8. The largest absolute Gasteiger partial charge is 0.370 e. The minimum absolute atomic E-state index is 0.229. The van der Waals surface area contributed by atoms with Crippen LogP contribution in [0.4, 0.5) is 5.69 Å². The third kappa shape index (κ3) is 4.79. The van der Waals surface area contributed by atoms with E-state index >= 15 is 0 Å². The van der Waals surface area contributed by atoms with Crippen molar-refractivity contribution in [3.8, 4) is 6.07 Å². The van der Waals surface area contributed by atoms with Crippen LogP contribution < -0.4 is 4.90 Å². The normalized spacial score (nSPS) is 19.2. The van der Waals surface area contributed by atoms with E-state index in [1.165, 1.54) is 4.90 Å². The quantitative estimate of drug-likeness (QED) is 0.689. The molecule has 7 nitrogen and oxygen atoms in total. The van der Waals surface area contributed by atoms with Gasteiger partial charge in [-0.05, 0) is 57.2 Å². The third-order valence-corrected chi connectivity index (χ3v) is 8.13. The lowest BCUT2D eigenvalue weighted by Gasteiger charge is -2.33. The molecule has 30 heavy (non-hydrogen) atoms. The molecule has 8 heteroatoms. The highest BCUT2D eigenvalue weighted by Crippen LogP contribution is 2.32. The molecular weight excluding hydrogens is 400 g/mol.